The molecule has 23 heavy (non-hydrogen) atoms. The number of hydrogen-bond acceptors (Lipinski definition) is 5. The van der Waals surface area contributed by atoms with Crippen molar-refractivity contribution in [2.45, 2.75) is 0 Å². The summed E-state index contributed by atoms with van der Waals surface area (Å²) in [5.74, 6) is -0.344. The van der Waals surface area contributed by atoms with Gasteiger partial charge >= 0.3 is 0 Å². The minimum atomic E-state index is -0.483. The molecule has 2 aromatic carbocycles. The molecule has 2 N–H and O–H groups in total. The van der Waals surface area contributed by atoms with E-state index in [9.17, 15) is 14.9 Å². The van der Waals surface area contributed by atoms with Crippen LogP contribution < -0.4 is 10.7 Å². The van der Waals surface area contributed by atoms with Gasteiger partial charge in [0, 0.05) is 12.1 Å². The average molecular weight is 333 g/mol. The molecule has 0 aliphatic carbocycles. The number of carbonyl (C=O) groups is 1. The van der Waals surface area contributed by atoms with E-state index in [0.717, 1.165) is 0 Å². The maximum absolute atomic E-state index is 11.6. The van der Waals surface area contributed by atoms with Gasteiger partial charge in [0.05, 0.1) is 28.4 Å². The van der Waals surface area contributed by atoms with Crippen molar-refractivity contribution in [3.63, 3.8) is 0 Å². The van der Waals surface area contributed by atoms with Gasteiger partial charge in [0.1, 0.15) is 0 Å². The number of nitrogens with zero attached hydrogens (tertiary/aromatic N) is 2. The normalized spacial score (nSPS) is 10.5. The number of nitrogens with one attached hydrogen (secondary N) is 2. The summed E-state index contributed by atoms with van der Waals surface area (Å²) in [7, 11) is 0. The maximum atomic E-state index is 11.6. The first kappa shape index (κ1) is 16.4. The number of benzene rings is 2. The second kappa shape index (κ2) is 7.90. The number of amides is 1. The van der Waals surface area contributed by atoms with E-state index in [1.807, 2.05) is 0 Å². The third-order valence-corrected chi connectivity index (χ3v) is 3.15. The van der Waals surface area contributed by atoms with E-state index < -0.39 is 4.92 Å². The summed E-state index contributed by atoms with van der Waals surface area (Å²) in [6, 6.07) is 12.9. The molecule has 0 saturated heterocycles. The molecule has 118 valence electrons. The van der Waals surface area contributed by atoms with E-state index in [2.05, 4.69) is 15.8 Å². The predicted molar refractivity (Wildman–Crippen MR) is 88.8 cm³/mol. The first-order chi connectivity index (χ1) is 11.1. The molecule has 0 heterocycles. The molecule has 0 aliphatic heterocycles. The SMILES string of the molecule is O=C(CNc1ccccc1Cl)N/N=C/c1ccc([N+](=O)[O-])cc1. The number of rotatable bonds is 6. The fourth-order valence-corrected chi connectivity index (χ4v) is 1.88. The number of nitro groups is 1. The lowest BCUT2D eigenvalue weighted by Gasteiger charge is -2.06. The van der Waals surface area contributed by atoms with Crippen molar-refractivity contribution >= 4 is 35.1 Å². The van der Waals surface area contributed by atoms with Gasteiger partial charge in [0.25, 0.3) is 11.6 Å². The third kappa shape index (κ3) is 5.08. The zero-order valence-electron chi connectivity index (χ0n) is 11.9. The van der Waals surface area contributed by atoms with Crippen LogP contribution in [0.4, 0.5) is 11.4 Å². The molecule has 0 fully saturated rings. The predicted octanol–water partition coefficient (Wildman–Crippen LogP) is 2.81. The van der Waals surface area contributed by atoms with Crippen LogP contribution in [0.1, 0.15) is 5.56 Å². The summed E-state index contributed by atoms with van der Waals surface area (Å²) in [5.41, 5.74) is 3.64. The second-order valence-electron chi connectivity index (χ2n) is 4.48. The van der Waals surface area contributed by atoms with Gasteiger partial charge in [-0.1, -0.05) is 23.7 Å². The lowest BCUT2D eigenvalue weighted by Crippen LogP contribution is -2.25. The van der Waals surface area contributed by atoms with E-state index in [1.165, 1.54) is 30.5 Å². The Morgan fingerprint density at radius 3 is 2.57 bits per heavy atom. The quantitative estimate of drug-likeness (QED) is 0.483. The van der Waals surface area contributed by atoms with E-state index in [4.69, 9.17) is 11.6 Å². The van der Waals surface area contributed by atoms with Gasteiger partial charge in [-0.25, -0.2) is 5.43 Å². The van der Waals surface area contributed by atoms with Gasteiger partial charge in [-0.3, -0.25) is 14.9 Å². The van der Waals surface area contributed by atoms with E-state index >= 15 is 0 Å². The molecule has 0 aliphatic rings. The van der Waals surface area contributed by atoms with Crippen molar-refractivity contribution in [1.29, 1.82) is 0 Å². The largest absolute Gasteiger partial charge is 0.375 e. The van der Waals surface area contributed by atoms with Crippen molar-refractivity contribution in [2.24, 2.45) is 5.10 Å². The summed E-state index contributed by atoms with van der Waals surface area (Å²) >= 11 is 5.96. The van der Waals surface area contributed by atoms with Crippen LogP contribution >= 0.6 is 11.6 Å². The monoisotopic (exact) mass is 332 g/mol. The molecule has 0 unspecified atom stereocenters. The topological polar surface area (TPSA) is 96.6 Å². The Bertz CT molecular complexity index is 732. The number of hydrogen-bond donors (Lipinski definition) is 2. The van der Waals surface area contributed by atoms with Crippen LogP contribution in [0.25, 0.3) is 0 Å². The van der Waals surface area contributed by atoms with Crippen LogP contribution in [-0.4, -0.2) is 23.6 Å². The van der Waals surface area contributed by atoms with Gasteiger partial charge in [-0.15, -0.1) is 0 Å². The summed E-state index contributed by atoms with van der Waals surface area (Å²) in [4.78, 5) is 21.7. The fraction of sp³-hybridized carbons (Fsp3) is 0.0667. The Labute approximate surface area is 137 Å². The summed E-state index contributed by atoms with van der Waals surface area (Å²) in [6.07, 6.45) is 1.40. The Kier molecular flexibility index (Phi) is 5.65. The molecule has 7 nitrogen and oxygen atoms in total. The molecule has 2 aromatic rings. The van der Waals surface area contributed by atoms with Gasteiger partial charge in [-0.2, -0.15) is 5.10 Å². The Morgan fingerprint density at radius 2 is 1.91 bits per heavy atom. The lowest BCUT2D eigenvalue weighted by atomic mass is 10.2. The van der Waals surface area contributed by atoms with E-state index in [0.29, 0.717) is 16.3 Å². The molecule has 2 rings (SSSR count). The summed E-state index contributed by atoms with van der Waals surface area (Å²) < 4.78 is 0. The summed E-state index contributed by atoms with van der Waals surface area (Å²) in [6.45, 7) is 0.0152. The number of halogens is 1. The highest BCUT2D eigenvalue weighted by molar-refractivity contribution is 6.33. The Hall–Kier alpha value is -2.93. The van der Waals surface area contributed by atoms with Crippen molar-refractivity contribution in [3.05, 3.63) is 69.2 Å². The van der Waals surface area contributed by atoms with E-state index in [-0.39, 0.29) is 18.1 Å². The molecule has 0 saturated carbocycles. The van der Waals surface area contributed by atoms with Crippen LogP contribution in [-0.2, 0) is 4.79 Å². The minimum absolute atomic E-state index is 0.00451. The van der Waals surface area contributed by atoms with Gasteiger partial charge < -0.3 is 5.32 Å². The number of nitro benzene ring substituents is 1. The standard InChI is InChI=1S/C15H13ClN4O3/c16-13-3-1-2-4-14(13)17-10-15(21)19-18-9-11-5-7-12(8-6-11)20(22)23/h1-9,17H,10H2,(H,19,21)/b18-9+. The Balaban J connectivity index is 1.82. The zero-order chi connectivity index (χ0) is 16.7. The molecule has 8 heteroatoms. The van der Waals surface area contributed by atoms with Crippen LogP contribution in [0.2, 0.25) is 5.02 Å². The molecule has 0 atom stereocenters. The van der Waals surface area contributed by atoms with Crippen LogP contribution in [0, 0.1) is 10.1 Å². The molecule has 0 spiro atoms. The molecule has 0 aromatic heterocycles. The minimum Gasteiger partial charge on any atom is -0.375 e. The first-order valence-electron chi connectivity index (χ1n) is 6.61. The first-order valence-corrected chi connectivity index (χ1v) is 6.99. The molecular formula is C15H13ClN4O3. The van der Waals surface area contributed by atoms with Crippen molar-refractivity contribution in [3.8, 4) is 0 Å². The van der Waals surface area contributed by atoms with Gasteiger partial charge in [0.15, 0.2) is 0 Å². The highest BCUT2D eigenvalue weighted by atomic mass is 35.5. The fourth-order valence-electron chi connectivity index (χ4n) is 1.68. The third-order valence-electron chi connectivity index (χ3n) is 2.82. The maximum Gasteiger partial charge on any atom is 0.269 e. The van der Waals surface area contributed by atoms with E-state index in [1.54, 1.807) is 24.3 Å². The molecule has 1 amide bonds. The number of para-hydroxylation sites is 1. The zero-order valence-corrected chi connectivity index (χ0v) is 12.7. The van der Waals surface area contributed by atoms with Crippen molar-refractivity contribution in [1.82, 2.24) is 5.43 Å². The molecule has 0 radical (unpaired) electrons. The number of carbonyl (C=O) groups excluding carboxylic acids is 1. The van der Waals surface area contributed by atoms with Crippen LogP contribution in [0.5, 0.6) is 0 Å². The smallest absolute Gasteiger partial charge is 0.269 e. The summed E-state index contributed by atoms with van der Waals surface area (Å²) in [5, 5.41) is 17.7. The van der Waals surface area contributed by atoms with Crippen LogP contribution in [0.15, 0.2) is 53.6 Å². The lowest BCUT2D eigenvalue weighted by molar-refractivity contribution is -0.384. The number of non-ortho nitro benzene ring substituents is 1. The second-order valence-corrected chi connectivity index (χ2v) is 4.88. The average Bonchev–Trinajstić information content (AvgIpc) is 2.54. The highest BCUT2D eigenvalue weighted by Crippen LogP contribution is 2.19. The number of anilines is 1. The Morgan fingerprint density at radius 1 is 1.22 bits per heavy atom. The molecule has 0 bridgehead atoms. The van der Waals surface area contributed by atoms with Gasteiger partial charge in [0.2, 0.25) is 0 Å². The number of hydrazone groups is 1. The van der Waals surface area contributed by atoms with Crippen molar-refractivity contribution in [2.75, 3.05) is 11.9 Å². The van der Waals surface area contributed by atoms with Crippen LogP contribution in [0.3, 0.4) is 0 Å². The van der Waals surface area contributed by atoms with Gasteiger partial charge in [-0.05, 0) is 29.8 Å². The molecular weight excluding hydrogens is 320 g/mol. The highest BCUT2D eigenvalue weighted by Gasteiger charge is 2.03. The van der Waals surface area contributed by atoms with Crippen molar-refractivity contribution < 1.29 is 9.72 Å².